The van der Waals surface area contributed by atoms with Crippen LogP contribution in [0.25, 0.3) is 0 Å². The number of hydrogen-bond donors (Lipinski definition) is 10. The minimum absolute atomic E-state index is 0. The zero-order valence-electron chi connectivity index (χ0n) is 13.2. The third kappa shape index (κ3) is 11.3. The summed E-state index contributed by atoms with van der Waals surface area (Å²) in [5.74, 6) is -5.02. The van der Waals surface area contributed by atoms with Crippen LogP contribution in [0.2, 0.25) is 0 Å². The topological polar surface area (TPSA) is 254 Å². The van der Waals surface area contributed by atoms with E-state index in [-0.39, 0.29) is 17.1 Å². The summed E-state index contributed by atoms with van der Waals surface area (Å²) in [6, 6.07) is 0. The summed E-state index contributed by atoms with van der Waals surface area (Å²) >= 11 is 0. The first-order chi connectivity index (χ1) is 11.3. The van der Waals surface area contributed by atoms with Crippen molar-refractivity contribution in [3.05, 3.63) is 0 Å². The molecule has 0 aliphatic carbocycles. The van der Waals surface area contributed by atoms with E-state index >= 15 is 0 Å². The van der Waals surface area contributed by atoms with E-state index in [9.17, 15) is 14.4 Å². The molecule has 0 rings (SSSR count). The molecule has 4 unspecified atom stereocenters. The van der Waals surface area contributed by atoms with Gasteiger partial charge in [0, 0.05) is 0 Å². The van der Waals surface area contributed by atoms with Crippen molar-refractivity contribution < 1.29 is 82.5 Å². The fourth-order valence-electron chi connectivity index (χ4n) is 1.39. The summed E-state index contributed by atoms with van der Waals surface area (Å²) in [5.41, 5.74) is -2.74. The maximum absolute atomic E-state index is 10.3. The molecule has 153 valence electrons. The first kappa shape index (κ1) is 29.4. The molecule has 0 saturated carbocycles. The van der Waals surface area contributed by atoms with Gasteiger partial charge < -0.3 is 51.1 Å². The molecule has 0 fully saturated rings. The molecule has 4 atom stereocenters. The largest absolute Gasteiger partial charge is 3.00 e. The molecule has 13 nitrogen and oxygen atoms in total. The van der Waals surface area contributed by atoms with Crippen LogP contribution in [0.4, 0.5) is 0 Å². The van der Waals surface area contributed by atoms with Gasteiger partial charge in [-0.25, -0.2) is 4.79 Å². The van der Waals surface area contributed by atoms with E-state index in [0.717, 1.165) is 0 Å². The van der Waals surface area contributed by atoms with Crippen LogP contribution in [0.5, 0.6) is 0 Å². The van der Waals surface area contributed by atoms with Gasteiger partial charge in [0.2, 0.25) is 0 Å². The predicted molar refractivity (Wildman–Crippen MR) is 75.3 cm³/mol. The number of carbonyl (C=O) groups is 3. The number of carboxylic acid groups (broad SMARTS) is 3. The molecule has 10 N–H and O–H groups in total. The van der Waals surface area contributed by atoms with Crippen molar-refractivity contribution in [3.8, 4) is 0 Å². The molecule has 0 aliphatic rings. The standard InChI is InChI=1S/C6H8O7.C6H14O6.Fe/c7-3(8)1-6(13,5(11)12)2-4(9)10;7-1-3(9)5(11)6(12)4(10)2-8;/h13H,1-2H2,(H,7,8)(H,9,10)(H,11,12);3-12H,1-2H2;/q;;+3. The van der Waals surface area contributed by atoms with Gasteiger partial charge in [-0.05, 0) is 0 Å². The molecule has 0 aromatic carbocycles. The van der Waals surface area contributed by atoms with E-state index in [0.29, 0.717) is 0 Å². The van der Waals surface area contributed by atoms with Crippen LogP contribution in [0.15, 0.2) is 0 Å². The summed E-state index contributed by atoms with van der Waals surface area (Å²) in [4.78, 5) is 30.5. The summed E-state index contributed by atoms with van der Waals surface area (Å²) in [5, 5.41) is 86.0. The average molecular weight is 430 g/mol. The van der Waals surface area contributed by atoms with Crippen molar-refractivity contribution >= 4 is 17.9 Å². The van der Waals surface area contributed by atoms with Crippen molar-refractivity contribution in [2.24, 2.45) is 0 Å². The third-order valence-corrected chi connectivity index (χ3v) is 2.80. The SMILES string of the molecule is O=C(O)CC(O)(CC(=O)O)C(=O)O.OCC(O)C(O)C(O)C(O)CO.[Fe+3]. The van der Waals surface area contributed by atoms with Crippen LogP contribution in [-0.2, 0) is 31.5 Å². The van der Waals surface area contributed by atoms with Crippen molar-refractivity contribution in [2.45, 2.75) is 42.9 Å². The second-order valence-electron chi connectivity index (χ2n) is 4.96. The van der Waals surface area contributed by atoms with E-state index in [1.54, 1.807) is 0 Å². The molecule has 0 amide bonds. The van der Waals surface area contributed by atoms with E-state index < -0.39 is 74.0 Å². The summed E-state index contributed by atoms with van der Waals surface area (Å²) in [6.07, 6.45) is -8.68. The molecular formula is C12H22FeO13+3. The van der Waals surface area contributed by atoms with Crippen LogP contribution in [0.3, 0.4) is 0 Å². The number of aliphatic carboxylic acids is 3. The van der Waals surface area contributed by atoms with Gasteiger partial charge in [0.25, 0.3) is 0 Å². The van der Waals surface area contributed by atoms with Crippen LogP contribution in [0, 0.1) is 0 Å². The molecular weight excluding hydrogens is 408 g/mol. The summed E-state index contributed by atoms with van der Waals surface area (Å²) in [7, 11) is 0. The van der Waals surface area contributed by atoms with Gasteiger partial charge in [0.15, 0.2) is 5.60 Å². The Hall–Kier alpha value is -1.35. The second kappa shape index (κ2) is 13.8. The van der Waals surface area contributed by atoms with Crippen molar-refractivity contribution in [3.63, 3.8) is 0 Å². The monoisotopic (exact) mass is 430 g/mol. The third-order valence-electron chi connectivity index (χ3n) is 2.80. The van der Waals surface area contributed by atoms with Gasteiger partial charge in [-0.1, -0.05) is 0 Å². The number of rotatable bonds is 10. The smallest absolute Gasteiger partial charge is 0.481 e. The molecule has 26 heavy (non-hydrogen) atoms. The number of aliphatic hydroxyl groups is 7. The quantitative estimate of drug-likeness (QED) is 0.146. The molecule has 0 aromatic heterocycles. The minimum atomic E-state index is -2.74. The molecule has 14 heteroatoms. The van der Waals surface area contributed by atoms with Gasteiger partial charge >= 0.3 is 35.0 Å². The fraction of sp³-hybridized carbons (Fsp3) is 0.750. The van der Waals surface area contributed by atoms with Crippen LogP contribution >= 0.6 is 0 Å². The fourth-order valence-corrected chi connectivity index (χ4v) is 1.39. The van der Waals surface area contributed by atoms with Crippen LogP contribution < -0.4 is 0 Å². The predicted octanol–water partition coefficient (Wildman–Crippen LogP) is -4.84. The average Bonchev–Trinajstić information content (AvgIpc) is 2.50. The first-order valence-electron chi connectivity index (χ1n) is 6.65. The maximum Gasteiger partial charge on any atom is 3.00 e. The normalized spacial score (nSPS) is 15.3. The Labute approximate surface area is 157 Å². The molecule has 0 aliphatic heterocycles. The number of hydrogen-bond acceptors (Lipinski definition) is 10. The van der Waals surface area contributed by atoms with Crippen molar-refractivity contribution in [2.75, 3.05) is 13.2 Å². The molecule has 0 aromatic rings. The van der Waals surface area contributed by atoms with Gasteiger partial charge in [0.1, 0.15) is 24.4 Å². The van der Waals surface area contributed by atoms with Crippen LogP contribution in [-0.4, -0.2) is 112 Å². The Morgan fingerprint density at radius 2 is 1.00 bits per heavy atom. The maximum atomic E-state index is 10.3. The molecule has 0 spiro atoms. The van der Waals surface area contributed by atoms with Gasteiger partial charge in [-0.2, -0.15) is 0 Å². The Kier molecular flexibility index (Phi) is 15.6. The Balaban J connectivity index is -0.000000393. The summed E-state index contributed by atoms with van der Waals surface area (Å²) in [6.45, 7) is -1.45. The Morgan fingerprint density at radius 1 is 0.731 bits per heavy atom. The summed E-state index contributed by atoms with van der Waals surface area (Å²) < 4.78 is 0. The second-order valence-corrected chi connectivity index (χ2v) is 4.96. The van der Waals surface area contributed by atoms with E-state index in [1.807, 2.05) is 0 Å². The molecule has 0 bridgehead atoms. The number of aliphatic hydroxyl groups excluding tert-OH is 6. The Morgan fingerprint density at radius 3 is 1.15 bits per heavy atom. The van der Waals surface area contributed by atoms with Crippen molar-refractivity contribution in [1.82, 2.24) is 0 Å². The zero-order chi connectivity index (χ0) is 20.4. The van der Waals surface area contributed by atoms with Gasteiger partial charge in [0.05, 0.1) is 26.1 Å². The Bertz CT molecular complexity index is 413. The molecule has 0 saturated heterocycles. The molecule has 0 heterocycles. The van der Waals surface area contributed by atoms with Crippen molar-refractivity contribution in [1.29, 1.82) is 0 Å². The van der Waals surface area contributed by atoms with Gasteiger partial charge in [-0.3, -0.25) is 9.59 Å². The van der Waals surface area contributed by atoms with E-state index in [2.05, 4.69) is 0 Å². The minimum Gasteiger partial charge on any atom is -0.481 e. The number of carboxylic acids is 3. The van der Waals surface area contributed by atoms with Gasteiger partial charge in [-0.15, -0.1) is 0 Å². The van der Waals surface area contributed by atoms with E-state index in [4.69, 9.17) is 51.1 Å². The zero-order valence-corrected chi connectivity index (χ0v) is 14.3. The van der Waals surface area contributed by atoms with E-state index in [1.165, 1.54) is 0 Å². The first-order valence-corrected chi connectivity index (χ1v) is 6.65. The molecule has 1 radical (unpaired) electrons. The van der Waals surface area contributed by atoms with Crippen LogP contribution in [0.1, 0.15) is 12.8 Å².